The Morgan fingerprint density at radius 3 is 1.60 bits per heavy atom. The highest BCUT2D eigenvalue weighted by Gasteiger charge is 2.09. The van der Waals surface area contributed by atoms with Crippen molar-refractivity contribution >= 4 is 28.6 Å². The van der Waals surface area contributed by atoms with Crippen LogP contribution in [-0.4, -0.2) is 27.3 Å². The first-order chi connectivity index (χ1) is 4.46. The molecule has 60 valence electrons. The molecular weight excluding hydrogens is 184 g/mol. The quantitative estimate of drug-likeness (QED) is 0.497. The van der Waals surface area contributed by atoms with Crippen LogP contribution < -0.4 is 5.73 Å². The van der Waals surface area contributed by atoms with Gasteiger partial charge in [0.25, 0.3) is 0 Å². The van der Waals surface area contributed by atoms with Crippen LogP contribution in [0.2, 0.25) is 0 Å². The van der Waals surface area contributed by atoms with Crippen molar-refractivity contribution in [1.29, 1.82) is 0 Å². The van der Waals surface area contributed by atoms with E-state index in [-0.39, 0.29) is 0 Å². The molecular formula is CH2N2O5S2-2. The SMILES string of the molecule is NC(=O)N(S(=O)[O-])S(=O)[O-]. The van der Waals surface area contributed by atoms with E-state index in [2.05, 4.69) is 5.73 Å². The first-order valence-electron chi connectivity index (χ1n) is 1.75. The number of primary amides is 1. The van der Waals surface area contributed by atoms with Crippen LogP contribution >= 0.6 is 0 Å². The van der Waals surface area contributed by atoms with Gasteiger partial charge in [0.2, 0.25) is 0 Å². The molecule has 0 saturated carbocycles. The molecule has 0 aliphatic carbocycles. The predicted octanol–water partition coefficient (Wildman–Crippen LogP) is -2.04. The van der Waals surface area contributed by atoms with E-state index in [4.69, 9.17) is 0 Å². The lowest BCUT2D eigenvalue weighted by atomic mass is 11.2. The molecule has 0 heterocycles. The van der Waals surface area contributed by atoms with Crippen molar-refractivity contribution in [2.24, 2.45) is 5.73 Å². The van der Waals surface area contributed by atoms with Crippen LogP contribution in [0.4, 0.5) is 4.79 Å². The minimum absolute atomic E-state index is 0.528. The van der Waals surface area contributed by atoms with Crippen LogP contribution in [0.1, 0.15) is 0 Å². The van der Waals surface area contributed by atoms with Gasteiger partial charge in [0.05, 0.1) is 22.5 Å². The number of amides is 2. The van der Waals surface area contributed by atoms with Crippen molar-refractivity contribution in [2.75, 3.05) is 0 Å². The summed E-state index contributed by atoms with van der Waals surface area (Å²) in [5.41, 5.74) is 4.34. The number of nitrogens with two attached hydrogens (primary N) is 1. The summed E-state index contributed by atoms with van der Waals surface area (Å²) in [6, 6.07) is -1.57. The molecule has 0 fully saturated rings. The second-order valence-electron chi connectivity index (χ2n) is 1.03. The summed E-state index contributed by atoms with van der Waals surface area (Å²) in [4.78, 5) is 9.94. The third-order valence-corrected chi connectivity index (χ3v) is 2.08. The van der Waals surface area contributed by atoms with E-state index >= 15 is 0 Å². The molecule has 0 aromatic rings. The second-order valence-corrected chi connectivity index (χ2v) is 2.86. The fourth-order valence-corrected chi connectivity index (χ4v) is 0.888. The van der Waals surface area contributed by atoms with Crippen LogP contribution in [0, 0.1) is 0 Å². The summed E-state index contributed by atoms with van der Waals surface area (Å²) in [5.74, 6) is 0. The van der Waals surface area contributed by atoms with Crippen molar-refractivity contribution in [3.63, 3.8) is 0 Å². The van der Waals surface area contributed by atoms with Gasteiger partial charge in [-0.15, -0.1) is 0 Å². The smallest absolute Gasteiger partial charge is 0.337 e. The zero-order valence-electron chi connectivity index (χ0n) is 4.38. The lowest BCUT2D eigenvalue weighted by Crippen LogP contribution is -2.38. The zero-order chi connectivity index (χ0) is 8.31. The van der Waals surface area contributed by atoms with Gasteiger partial charge in [-0.2, -0.15) is 3.71 Å². The van der Waals surface area contributed by atoms with Gasteiger partial charge in [-0.05, 0) is 0 Å². The Morgan fingerprint density at radius 1 is 1.30 bits per heavy atom. The van der Waals surface area contributed by atoms with Crippen LogP contribution in [-0.2, 0) is 22.5 Å². The van der Waals surface area contributed by atoms with Crippen LogP contribution in [0.5, 0.6) is 0 Å². The predicted molar refractivity (Wildman–Crippen MR) is 29.3 cm³/mol. The van der Waals surface area contributed by atoms with Crippen molar-refractivity contribution in [3.8, 4) is 0 Å². The van der Waals surface area contributed by atoms with Crippen molar-refractivity contribution in [3.05, 3.63) is 0 Å². The molecule has 0 rings (SSSR count). The second kappa shape index (κ2) is 3.61. The van der Waals surface area contributed by atoms with Gasteiger partial charge in [0.15, 0.2) is 0 Å². The molecule has 0 aliphatic rings. The molecule has 7 nitrogen and oxygen atoms in total. The summed E-state index contributed by atoms with van der Waals surface area (Å²) in [5, 5.41) is 0. The normalized spacial score (nSPS) is 15.8. The summed E-state index contributed by atoms with van der Waals surface area (Å²) in [7, 11) is 0. The van der Waals surface area contributed by atoms with E-state index in [0.29, 0.717) is 0 Å². The largest absolute Gasteiger partial charge is 0.754 e. The molecule has 9 heteroatoms. The minimum atomic E-state index is -3.17. The van der Waals surface area contributed by atoms with Crippen LogP contribution in [0.3, 0.4) is 0 Å². The van der Waals surface area contributed by atoms with Gasteiger partial charge in [0.1, 0.15) is 0 Å². The molecule has 0 bridgehead atoms. The lowest BCUT2D eigenvalue weighted by Gasteiger charge is -2.22. The Labute approximate surface area is 61.0 Å². The summed E-state index contributed by atoms with van der Waals surface area (Å²) in [6.45, 7) is 0. The molecule has 0 aliphatic heterocycles. The van der Waals surface area contributed by atoms with Crippen LogP contribution in [0.15, 0.2) is 0 Å². The maximum absolute atomic E-state index is 9.94. The lowest BCUT2D eigenvalue weighted by molar-refractivity contribution is 0.242. The molecule has 0 aromatic carbocycles. The van der Waals surface area contributed by atoms with E-state index in [1.807, 2.05) is 0 Å². The van der Waals surface area contributed by atoms with E-state index in [1.165, 1.54) is 0 Å². The maximum Gasteiger partial charge on any atom is 0.337 e. The van der Waals surface area contributed by atoms with Gasteiger partial charge in [-0.25, -0.2) is 4.79 Å². The Kier molecular flexibility index (Phi) is 3.42. The van der Waals surface area contributed by atoms with Gasteiger partial charge >= 0.3 is 6.03 Å². The number of hydrogen-bond acceptors (Lipinski definition) is 5. The van der Waals surface area contributed by atoms with Crippen molar-refractivity contribution < 1.29 is 22.3 Å². The standard InChI is InChI=1S/CH4N2O5S2/c2-1(4)3(9(5)6)10(7)8/h(H2,2,4)(H,5,6)(H,7,8)/p-2. The highest BCUT2D eigenvalue weighted by atomic mass is 32.3. The van der Waals surface area contributed by atoms with Crippen molar-refractivity contribution in [2.45, 2.75) is 0 Å². The molecule has 10 heavy (non-hydrogen) atoms. The van der Waals surface area contributed by atoms with Crippen molar-refractivity contribution in [1.82, 2.24) is 3.71 Å². The maximum atomic E-state index is 9.94. The Hall–Kier alpha value is -0.510. The minimum Gasteiger partial charge on any atom is -0.754 e. The average Bonchev–Trinajstić information content (AvgIpc) is 1.59. The summed E-state index contributed by atoms with van der Waals surface area (Å²) in [6.07, 6.45) is 0. The highest BCUT2D eigenvalue weighted by molar-refractivity contribution is 7.93. The number of rotatable bonds is 2. The van der Waals surface area contributed by atoms with Gasteiger partial charge in [-0.3, -0.25) is 8.42 Å². The molecule has 0 saturated heterocycles. The average molecular weight is 186 g/mol. The molecule has 0 spiro atoms. The van der Waals surface area contributed by atoms with E-state index in [0.717, 1.165) is 0 Å². The highest BCUT2D eigenvalue weighted by Crippen LogP contribution is 1.93. The third-order valence-electron chi connectivity index (χ3n) is 0.451. The van der Waals surface area contributed by atoms with E-state index in [1.54, 1.807) is 0 Å². The number of nitrogens with zero attached hydrogens (tertiary/aromatic N) is 1. The first-order valence-corrected chi connectivity index (χ1v) is 3.81. The fraction of sp³-hybridized carbons (Fsp3) is 0. The topological polar surface area (TPSA) is 127 Å². The monoisotopic (exact) mass is 186 g/mol. The molecule has 2 atom stereocenters. The molecule has 2 amide bonds. The number of carbonyl (C=O) groups excluding carboxylic acids is 1. The Bertz CT molecular complexity index is 157. The first kappa shape index (κ1) is 9.49. The van der Waals surface area contributed by atoms with Crippen LogP contribution in [0.25, 0.3) is 0 Å². The Morgan fingerprint density at radius 2 is 1.60 bits per heavy atom. The van der Waals surface area contributed by atoms with Gasteiger partial charge < -0.3 is 14.8 Å². The third kappa shape index (κ3) is 2.39. The number of hydrogen-bond donors (Lipinski definition) is 1. The van der Waals surface area contributed by atoms with E-state index < -0.39 is 32.3 Å². The zero-order valence-corrected chi connectivity index (χ0v) is 6.02. The summed E-state index contributed by atoms with van der Waals surface area (Å²) >= 11 is -6.33. The summed E-state index contributed by atoms with van der Waals surface area (Å²) < 4.78 is 38.7. The molecule has 2 unspecified atom stereocenters. The van der Waals surface area contributed by atoms with E-state index in [9.17, 15) is 22.3 Å². The van der Waals surface area contributed by atoms with Gasteiger partial charge in [0, 0.05) is 0 Å². The number of urea groups is 1. The Balaban J connectivity index is 4.43. The molecule has 2 N–H and O–H groups in total. The number of carbonyl (C=O) groups is 1. The fourth-order valence-electron chi connectivity index (χ4n) is 0.197. The molecule has 0 aromatic heterocycles. The van der Waals surface area contributed by atoms with Gasteiger partial charge in [-0.1, -0.05) is 0 Å². The molecule has 0 radical (unpaired) electrons.